The molecule has 1 unspecified atom stereocenters. The highest BCUT2D eigenvalue weighted by Gasteiger charge is 2.28. The van der Waals surface area contributed by atoms with Crippen molar-refractivity contribution in [1.82, 2.24) is 15.1 Å². The van der Waals surface area contributed by atoms with Crippen molar-refractivity contribution < 1.29 is 4.79 Å². The maximum Gasteiger partial charge on any atom is 0.237 e. The summed E-state index contributed by atoms with van der Waals surface area (Å²) in [5.74, 6) is 0.181. The standard InChI is InChI=1S/C24H31N3O/c1-19(27-16-11-21-9-5-6-10-22(21)18-27)24(28)25-23-12-14-26(15-13-23)17-20-7-3-2-4-8-20/h2-10,19,23H,11-18H2,1H3,(H,25,28). The van der Waals surface area contributed by atoms with E-state index in [9.17, 15) is 4.79 Å². The van der Waals surface area contributed by atoms with E-state index < -0.39 is 0 Å². The molecule has 2 aliphatic heterocycles. The third-order valence-corrected chi connectivity index (χ3v) is 6.27. The van der Waals surface area contributed by atoms with Crippen molar-refractivity contribution in [2.75, 3.05) is 19.6 Å². The van der Waals surface area contributed by atoms with Gasteiger partial charge in [0, 0.05) is 38.8 Å². The molecule has 1 saturated heterocycles. The van der Waals surface area contributed by atoms with Crippen LogP contribution in [-0.4, -0.2) is 47.4 Å². The van der Waals surface area contributed by atoms with Gasteiger partial charge in [-0.2, -0.15) is 0 Å². The van der Waals surface area contributed by atoms with Crippen LogP contribution in [0.1, 0.15) is 36.5 Å². The Bertz CT molecular complexity index is 783. The second-order valence-electron chi connectivity index (χ2n) is 8.21. The van der Waals surface area contributed by atoms with Crippen LogP contribution in [0.5, 0.6) is 0 Å². The Morgan fingerprint density at radius 1 is 1.00 bits per heavy atom. The fourth-order valence-electron chi connectivity index (χ4n) is 4.41. The molecule has 1 fully saturated rings. The zero-order valence-corrected chi connectivity index (χ0v) is 16.8. The minimum absolute atomic E-state index is 0.0734. The zero-order valence-electron chi connectivity index (χ0n) is 16.8. The topological polar surface area (TPSA) is 35.6 Å². The summed E-state index contributed by atoms with van der Waals surface area (Å²) in [5.41, 5.74) is 4.16. The lowest BCUT2D eigenvalue weighted by atomic mass is 9.98. The summed E-state index contributed by atoms with van der Waals surface area (Å²) in [5, 5.41) is 3.32. The summed E-state index contributed by atoms with van der Waals surface area (Å²) in [4.78, 5) is 17.6. The van der Waals surface area contributed by atoms with Gasteiger partial charge in [-0.1, -0.05) is 54.6 Å². The van der Waals surface area contributed by atoms with E-state index in [1.165, 1.54) is 16.7 Å². The van der Waals surface area contributed by atoms with Crippen LogP contribution in [0.3, 0.4) is 0 Å². The first-order chi connectivity index (χ1) is 13.7. The number of carbonyl (C=O) groups is 1. The molecule has 2 aromatic rings. The van der Waals surface area contributed by atoms with Gasteiger partial charge in [0.2, 0.25) is 5.91 Å². The molecule has 148 valence electrons. The number of nitrogens with zero attached hydrogens (tertiary/aromatic N) is 2. The molecule has 0 aromatic heterocycles. The fraction of sp³-hybridized carbons (Fsp3) is 0.458. The van der Waals surface area contributed by atoms with Gasteiger partial charge in [0.05, 0.1) is 6.04 Å². The number of rotatable bonds is 5. The van der Waals surface area contributed by atoms with Gasteiger partial charge >= 0.3 is 0 Å². The second-order valence-corrected chi connectivity index (χ2v) is 8.21. The zero-order chi connectivity index (χ0) is 19.3. The summed E-state index contributed by atoms with van der Waals surface area (Å²) < 4.78 is 0. The molecule has 0 aliphatic carbocycles. The first-order valence-corrected chi connectivity index (χ1v) is 10.6. The van der Waals surface area contributed by atoms with Crippen molar-refractivity contribution in [2.24, 2.45) is 0 Å². The molecular formula is C24H31N3O. The third kappa shape index (κ3) is 4.62. The Hall–Kier alpha value is -2.17. The lowest BCUT2D eigenvalue weighted by Crippen LogP contribution is -2.51. The van der Waals surface area contributed by atoms with Gasteiger partial charge in [-0.3, -0.25) is 14.6 Å². The van der Waals surface area contributed by atoms with Gasteiger partial charge in [-0.15, -0.1) is 0 Å². The molecule has 4 heteroatoms. The van der Waals surface area contributed by atoms with E-state index in [2.05, 4.69) is 69.7 Å². The Kier molecular flexibility index (Phi) is 6.08. The maximum absolute atomic E-state index is 12.8. The average Bonchev–Trinajstić information content (AvgIpc) is 2.75. The fourth-order valence-corrected chi connectivity index (χ4v) is 4.41. The summed E-state index contributed by atoms with van der Waals surface area (Å²) in [6.45, 7) is 6.98. The molecule has 1 atom stereocenters. The van der Waals surface area contributed by atoms with Crippen LogP contribution in [-0.2, 0) is 24.3 Å². The highest BCUT2D eigenvalue weighted by molar-refractivity contribution is 5.81. The molecule has 0 saturated carbocycles. The Morgan fingerprint density at radius 2 is 1.68 bits per heavy atom. The molecule has 0 spiro atoms. The van der Waals surface area contributed by atoms with Crippen LogP contribution in [0, 0.1) is 0 Å². The molecule has 2 aromatic carbocycles. The van der Waals surface area contributed by atoms with Crippen molar-refractivity contribution in [3.63, 3.8) is 0 Å². The van der Waals surface area contributed by atoms with Gasteiger partial charge in [-0.05, 0) is 42.9 Å². The monoisotopic (exact) mass is 377 g/mol. The number of carbonyl (C=O) groups excluding carboxylic acids is 1. The molecule has 2 aliphatic rings. The van der Waals surface area contributed by atoms with Crippen LogP contribution in [0.25, 0.3) is 0 Å². The Morgan fingerprint density at radius 3 is 2.43 bits per heavy atom. The molecule has 1 N–H and O–H groups in total. The van der Waals surface area contributed by atoms with E-state index in [0.717, 1.165) is 52.0 Å². The van der Waals surface area contributed by atoms with E-state index >= 15 is 0 Å². The molecule has 28 heavy (non-hydrogen) atoms. The maximum atomic E-state index is 12.8. The SMILES string of the molecule is CC(C(=O)NC1CCN(Cc2ccccc2)CC1)N1CCc2ccccc2C1. The van der Waals surface area contributed by atoms with Crippen molar-refractivity contribution in [1.29, 1.82) is 0 Å². The number of hydrogen-bond acceptors (Lipinski definition) is 3. The molecule has 0 bridgehead atoms. The van der Waals surface area contributed by atoms with Gasteiger partial charge in [-0.25, -0.2) is 0 Å². The molecule has 4 nitrogen and oxygen atoms in total. The van der Waals surface area contributed by atoms with Crippen LogP contribution in [0.15, 0.2) is 54.6 Å². The number of likely N-dealkylation sites (tertiary alicyclic amines) is 1. The lowest BCUT2D eigenvalue weighted by Gasteiger charge is -2.36. The van der Waals surface area contributed by atoms with Crippen LogP contribution < -0.4 is 5.32 Å². The number of fused-ring (bicyclic) bond motifs is 1. The van der Waals surface area contributed by atoms with Crippen molar-refractivity contribution in [3.05, 3.63) is 71.3 Å². The van der Waals surface area contributed by atoms with Crippen LogP contribution in [0.2, 0.25) is 0 Å². The van der Waals surface area contributed by atoms with E-state index in [1.54, 1.807) is 0 Å². The highest BCUT2D eigenvalue weighted by atomic mass is 16.2. The minimum atomic E-state index is -0.0734. The number of piperidine rings is 1. The molecule has 4 rings (SSSR count). The van der Waals surface area contributed by atoms with Gasteiger partial charge in [0.15, 0.2) is 0 Å². The molecule has 2 heterocycles. The van der Waals surface area contributed by atoms with Gasteiger partial charge in [0.25, 0.3) is 0 Å². The predicted molar refractivity (Wildman–Crippen MR) is 113 cm³/mol. The van der Waals surface area contributed by atoms with Gasteiger partial charge in [0.1, 0.15) is 0 Å². The largest absolute Gasteiger partial charge is 0.352 e. The normalized spacial score (nSPS) is 19.8. The third-order valence-electron chi connectivity index (χ3n) is 6.27. The predicted octanol–water partition coefficient (Wildman–Crippen LogP) is 3.21. The van der Waals surface area contributed by atoms with E-state index in [4.69, 9.17) is 0 Å². The number of amides is 1. The molecule has 0 radical (unpaired) electrons. The summed E-state index contributed by atoms with van der Waals surface area (Å²) in [7, 11) is 0. The molecular weight excluding hydrogens is 346 g/mol. The van der Waals surface area contributed by atoms with Gasteiger partial charge < -0.3 is 5.32 Å². The first kappa shape index (κ1) is 19.2. The summed E-state index contributed by atoms with van der Waals surface area (Å²) in [6, 6.07) is 19.5. The molecule has 1 amide bonds. The van der Waals surface area contributed by atoms with Crippen LogP contribution >= 0.6 is 0 Å². The smallest absolute Gasteiger partial charge is 0.237 e. The Labute approximate surface area is 168 Å². The quantitative estimate of drug-likeness (QED) is 0.869. The number of hydrogen-bond donors (Lipinski definition) is 1. The number of nitrogens with one attached hydrogen (secondary N) is 1. The van der Waals surface area contributed by atoms with Crippen molar-refractivity contribution >= 4 is 5.91 Å². The lowest BCUT2D eigenvalue weighted by molar-refractivity contribution is -0.127. The summed E-state index contributed by atoms with van der Waals surface area (Å²) >= 11 is 0. The first-order valence-electron chi connectivity index (χ1n) is 10.6. The van der Waals surface area contributed by atoms with E-state index in [1.807, 2.05) is 6.92 Å². The summed E-state index contributed by atoms with van der Waals surface area (Å²) in [6.07, 6.45) is 3.11. The van der Waals surface area contributed by atoms with Crippen molar-refractivity contribution in [2.45, 2.75) is 51.4 Å². The second kappa shape index (κ2) is 8.89. The van der Waals surface area contributed by atoms with Crippen molar-refractivity contribution in [3.8, 4) is 0 Å². The Balaban J connectivity index is 1.24. The van der Waals surface area contributed by atoms with E-state index in [-0.39, 0.29) is 11.9 Å². The van der Waals surface area contributed by atoms with Crippen LogP contribution in [0.4, 0.5) is 0 Å². The highest BCUT2D eigenvalue weighted by Crippen LogP contribution is 2.21. The minimum Gasteiger partial charge on any atom is -0.352 e. The van der Waals surface area contributed by atoms with E-state index in [0.29, 0.717) is 6.04 Å². The number of benzene rings is 2. The average molecular weight is 378 g/mol.